The van der Waals surface area contributed by atoms with E-state index >= 15 is 0 Å². The number of anilines is 1. The van der Waals surface area contributed by atoms with Crippen LogP contribution in [0.3, 0.4) is 0 Å². The highest BCUT2D eigenvalue weighted by Gasteiger charge is 2.28. The van der Waals surface area contributed by atoms with Crippen LogP contribution in [-0.4, -0.2) is 46.2 Å². The van der Waals surface area contributed by atoms with Gasteiger partial charge in [0.05, 0.1) is 17.3 Å². The van der Waals surface area contributed by atoms with Crippen molar-refractivity contribution in [3.63, 3.8) is 0 Å². The molecule has 0 aliphatic carbocycles. The number of hydrogen-bond acceptors (Lipinski definition) is 5. The van der Waals surface area contributed by atoms with E-state index < -0.39 is 0 Å². The summed E-state index contributed by atoms with van der Waals surface area (Å²) in [5.74, 6) is 0.675. The molecule has 0 saturated carbocycles. The summed E-state index contributed by atoms with van der Waals surface area (Å²) >= 11 is 3.36. The molecule has 3 aromatic rings. The van der Waals surface area contributed by atoms with Gasteiger partial charge in [-0.1, -0.05) is 0 Å². The van der Waals surface area contributed by atoms with Crippen molar-refractivity contribution in [2.75, 3.05) is 25.7 Å². The third-order valence-corrected chi connectivity index (χ3v) is 4.74. The minimum Gasteiger partial charge on any atom is -0.497 e. The highest BCUT2D eigenvalue weighted by molar-refractivity contribution is 9.10. The minimum atomic E-state index is -0.148. The van der Waals surface area contributed by atoms with Crippen LogP contribution >= 0.6 is 15.9 Å². The van der Waals surface area contributed by atoms with Crippen LogP contribution in [0.2, 0.25) is 0 Å². The van der Waals surface area contributed by atoms with E-state index in [2.05, 4.69) is 26.0 Å². The number of benzene rings is 1. The van der Waals surface area contributed by atoms with Crippen molar-refractivity contribution in [3.8, 4) is 5.75 Å². The summed E-state index contributed by atoms with van der Waals surface area (Å²) in [6, 6.07) is 7.58. The zero-order valence-corrected chi connectivity index (χ0v) is 15.4. The van der Waals surface area contributed by atoms with Gasteiger partial charge >= 0.3 is 0 Å². The third kappa shape index (κ3) is 2.72. The summed E-state index contributed by atoms with van der Waals surface area (Å²) in [4.78, 5) is 17.2. The molecule has 1 aliphatic heterocycles. The molecule has 0 unspecified atom stereocenters. The number of nitrogens with zero attached hydrogens (tertiary/aromatic N) is 5. The summed E-state index contributed by atoms with van der Waals surface area (Å²) in [5, 5.41) is 7.92. The predicted octanol–water partition coefficient (Wildman–Crippen LogP) is 2.55. The van der Waals surface area contributed by atoms with Gasteiger partial charge in [0.2, 0.25) is 0 Å². The van der Waals surface area contributed by atoms with Crippen molar-refractivity contribution in [3.05, 3.63) is 52.4 Å². The molecule has 0 spiro atoms. The first-order valence-electron chi connectivity index (χ1n) is 7.80. The van der Waals surface area contributed by atoms with Gasteiger partial charge < -0.3 is 4.74 Å². The van der Waals surface area contributed by atoms with Gasteiger partial charge in [0.15, 0.2) is 11.3 Å². The maximum absolute atomic E-state index is 12.9. The number of hydrazine groups is 1. The first-order chi connectivity index (χ1) is 12.1. The van der Waals surface area contributed by atoms with Crippen molar-refractivity contribution < 1.29 is 9.53 Å². The maximum atomic E-state index is 12.9. The number of amides is 1. The highest BCUT2D eigenvalue weighted by atomic mass is 79.9. The van der Waals surface area contributed by atoms with Crippen LogP contribution in [0.5, 0.6) is 5.75 Å². The van der Waals surface area contributed by atoms with Gasteiger partial charge in [0, 0.05) is 32.1 Å². The summed E-state index contributed by atoms with van der Waals surface area (Å²) in [5.41, 5.74) is 3.15. The maximum Gasteiger partial charge on any atom is 0.292 e. The molecule has 128 valence electrons. The van der Waals surface area contributed by atoms with E-state index in [4.69, 9.17) is 4.74 Å². The molecule has 0 atom stereocenters. The fraction of sp³-hybridized carbons (Fsp3) is 0.235. The second-order valence-electron chi connectivity index (χ2n) is 5.80. The number of carbonyl (C=O) groups excluding carboxylic acids is 1. The molecule has 1 aromatic carbocycles. The quantitative estimate of drug-likeness (QED) is 0.660. The standard InChI is InChI=1S/C17H16BrN5O2/c1-21-15-4-3-13(25-2)7-11(15)5-6-23(21)17(24)14-8-16-19-9-12(18)10-22(16)20-14/h3-4,7-10H,5-6H2,1-2H3. The lowest BCUT2D eigenvalue weighted by molar-refractivity contribution is 0.0732. The van der Waals surface area contributed by atoms with Crippen molar-refractivity contribution in [1.29, 1.82) is 0 Å². The molecule has 7 nitrogen and oxygen atoms in total. The number of methoxy groups -OCH3 is 1. The van der Waals surface area contributed by atoms with Gasteiger partial charge in [-0.25, -0.2) is 14.5 Å². The number of aromatic nitrogens is 3. The third-order valence-electron chi connectivity index (χ3n) is 4.33. The Bertz CT molecular complexity index is 971. The first kappa shape index (κ1) is 15.9. The second-order valence-corrected chi connectivity index (χ2v) is 6.72. The van der Waals surface area contributed by atoms with E-state index in [-0.39, 0.29) is 5.91 Å². The molecule has 8 heteroatoms. The Morgan fingerprint density at radius 1 is 1.32 bits per heavy atom. The van der Waals surface area contributed by atoms with Crippen LogP contribution in [0.15, 0.2) is 41.1 Å². The van der Waals surface area contributed by atoms with Gasteiger partial charge in [0.1, 0.15) is 5.75 Å². The second kappa shape index (κ2) is 6.03. The van der Waals surface area contributed by atoms with Crippen molar-refractivity contribution in [2.45, 2.75) is 6.42 Å². The topological polar surface area (TPSA) is 63.0 Å². The zero-order chi connectivity index (χ0) is 17.6. The summed E-state index contributed by atoms with van der Waals surface area (Å²) in [6.45, 7) is 0.584. The van der Waals surface area contributed by atoms with Gasteiger partial charge in [-0.15, -0.1) is 0 Å². The molecule has 0 radical (unpaired) electrons. The van der Waals surface area contributed by atoms with Crippen LogP contribution in [0.25, 0.3) is 5.65 Å². The van der Waals surface area contributed by atoms with Crippen LogP contribution < -0.4 is 9.75 Å². The lowest BCUT2D eigenvalue weighted by atomic mass is 10.1. The summed E-state index contributed by atoms with van der Waals surface area (Å²) in [7, 11) is 3.53. The number of carbonyl (C=O) groups is 1. The molecular formula is C17H16BrN5O2. The van der Waals surface area contributed by atoms with Crippen LogP contribution in [0.1, 0.15) is 16.1 Å². The Hall–Kier alpha value is -2.61. The minimum absolute atomic E-state index is 0.148. The number of rotatable bonds is 2. The first-order valence-corrected chi connectivity index (χ1v) is 8.59. The Kier molecular flexibility index (Phi) is 3.84. The summed E-state index contributed by atoms with van der Waals surface area (Å²) < 4.78 is 7.68. The average molecular weight is 402 g/mol. The average Bonchev–Trinajstić information content (AvgIpc) is 3.04. The van der Waals surface area contributed by atoms with Crippen LogP contribution in [0, 0.1) is 0 Å². The molecule has 0 bridgehead atoms. The van der Waals surface area contributed by atoms with Gasteiger partial charge in [-0.05, 0) is 46.1 Å². The molecule has 0 N–H and O–H groups in total. The van der Waals surface area contributed by atoms with Crippen molar-refractivity contribution >= 4 is 33.2 Å². The van der Waals surface area contributed by atoms with Crippen LogP contribution in [-0.2, 0) is 6.42 Å². The normalized spacial score (nSPS) is 13.9. The molecule has 2 aromatic heterocycles. The molecule has 1 aliphatic rings. The van der Waals surface area contributed by atoms with Gasteiger partial charge in [-0.3, -0.25) is 9.80 Å². The molecule has 1 amide bonds. The number of fused-ring (bicyclic) bond motifs is 2. The van der Waals surface area contributed by atoms with Gasteiger partial charge in [0.25, 0.3) is 5.91 Å². The van der Waals surface area contributed by atoms with E-state index in [0.717, 1.165) is 27.9 Å². The van der Waals surface area contributed by atoms with E-state index in [1.54, 1.807) is 35.1 Å². The van der Waals surface area contributed by atoms with Crippen molar-refractivity contribution in [2.24, 2.45) is 0 Å². The zero-order valence-electron chi connectivity index (χ0n) is 13.8. The molecule has 0 fully saturated rings. The molecule has 0 saturated heterocycles. The van der Waals surface area contributed by atoms with E-state index in [1.807, 2.05) is 30.3 Å². The Balaban J connectivity index is 1.65. The Morgan fingerprint density at radius 2 is 2.16 bits per heavy atom. The summed E-state index contributed by atoms with van der Waals surface area (Å²) in [6.07, 6.45) is 4.22. The van der Waals surface area contributed by atoms with Crippen LogP contribution in [0.4, 0.5) is 5.69 Å². The fourth-order valence-corrected chi connectivity index (χ4v) is 3.34. The number of halogens is 1. The largest absolute Gasteiger partial charge is 0.497 e. The molecular weight excluding hydrogens is 386 g/mol. The smallest absolute Gasteiger partial charge is 0.292 e. The molecule has 25 heavy (non-hydrogen) atoms. The lowest BCUT2D eigenvalue weighted by Crippen LogP contribution is -2.48. The highest BCUT2D eigenvalue weighted by Crippen LogP contribution is 2.30. The van der Waals surface area contributed by atoms with E-state index in [9.17, 15) is 4.79 Å². The van der Waals surface area contributed by atoms with E-state index in [1.165, 1.54) is 0 Å². The lowest BCUT2D eigenvalue weighted by Gasteiger charge is -2.38. The Morgan fingerprint density at radius 3 is 2.96 bits per heavy atom. The monoisotopic (exact) mass is 401 g/mol. The fourth-order valence-electron chi connectivity index (χ4n) is 3.04. The predicted molar refractivity (Wildman–Crippen MR) is 96.8 cm³/mol. The molecule has 4 rings (SSSR count). The number of ether oxygens (including phenoxy) is 1. The van der Waals surface area contributed by atoms with Gasteiger partial charge in [-0.2, -0.15) is 5.10 Å². The van der Waals surface area contributed by atoms with E-state index in [0.29, 0.717) is 17.9 Å². The molecule has 3 heterocycles. The number of hydrogen-bond donors (Lipinski definition) is 0. The van der Waals surface area contributed by atoms with Crippen molar-refractivity contribution in [1.82, 2.24) is 19.6 Å². The SMILES string of the molecule is COc1ccc2c(c1)CCN(C(=O)c1cc3ncc(Br)cn3n1)N2C. The Labute approximate surface area is 152 Å².